The lowest BCUT2D eigenvalue weighted by molar-refractivity contribution is -0.116. The summed E-state index contributed by atoms with van der Waals surface area (Å²) in [6, 6.07) is 4.91. The molecule has 20 heavy (non-hydrogen) atoms. The van der Waals surface area contributed by atoms with E-state index in [0.717, 1.165) is 6.54 Å². The number of rotatable bonds is 5. The Morgan fingerprint density at radius 3 is 2.55 bits per heavy atom. The van der Waals surface area contributed by atoms with E-state index in [-0.39, 0.29) is 5.91 Å². The molecule has 0 unspecified atom stereocenters. The molecule has 0 fully saturated rings. The summed E-state index contributed by atoms with van der Waals surface area (Å²) in [5.41, 5.74) is 0.147. The number of anilines is 1. The highest BCUT2D eigenvalue weighted by Crippen LogP contribution is 2.13. The molecule has 0 aliphatic carbocycles. The van der Waals surface area contributed by atoms with Crippen molar-refractivity contribution < 1.29 is 4.79 Å². The smallest absolute Gasteiger partial charge is 0.314 e. The summed E-state index contributed by atoms with van der Waals surface area (Å²) >= 11 is 0. The van der Waals surface area contributed by atoms with Crippen LogP contribution in [0, 0.1) is 0 Å². The van der Waals surface area contributed by atoms with E-state index in [1.807, 2.05) is 6.92 Å². The molecule has 0 radical (unpaired) electrons. The van der Waals surface area contributed by atoms with Crippen LogP contribution in [0.4, 0.5) is 5.69 Å². The number of nitrogens with one attached hydrogen (secondary N) is 4. The lowest BCUT2D eigenvalue weighted by Crippen LogP contribution is -2.28. The molecule has 1 amide bonds. The highest BCUT2D eigenvalue weighted by Gasteiger charge is 2.04. The summed E-state index contributed by atoms with van der Waals surface area (Å²) < 4.78 is 0. The number of H-pyrrole nitrogens is 2. The average molecular weight is 276 g/mol. The number of fused-ring (bicyclic) bond motifs is 1. The Morgan fingerprint density at radius 2 is 1.85 bits per heavy atom. The fourth-order valence-electron chi connectivity index (χ4n) is 1.79. The van der Waals surface area contributed by atoms with Crippen LogP contribution in [0.2, 0.25) is 0 Å². The zero-order valence-corrected chi connectivity index (χ0v) is 11.1. The molecule has 7 heteroatoms. The fraction of sp³-hybridized carbons (Fsp3) is 0.308. The Bertz CT molecular complexity index is 732. The van der Waals surface area contributed by atoms with Gasteiger partial charge < -0.3 is 20.6 Å². The van der Waals surface area contributed by atoms with Gasteiger partial charge in [-0.2, -0.15) is 0 Å². The van der Waals surface area contributed by atoms with Gasteiger partial charge in [0.25, 0.3) is 0 Å². The summed E-state index contributed by atoms with van der Waals surface area (Å²) in [6.45, 7) is 3.40. The number of carbonyl (C=O) groups is 1. The molecule has 0 saturated heterocycles. The van der Waals surface area contributed by atoms with E-state index < -0.39 is 11.1 Å². The van der Waals surface area contributed by atoms with Crippen LogP contribution in [-0.2, 0) is 4.79 Å². The molecule has 1 aromatic carbocycles. The minimum Gasteiger partial charge on any atom is -0.326 e. The van der Waals surface area contributed by atoms with E-state index in [4.69, 9.17) is 0 Å². The van der Waals surface area contributed by atoms with Gasteiger partial charge >= 0.3 is 11.1 Å². The van der Waals surface area contributed by atoms with Gasteiger partial charge in [-0.1, -0.05) is 6.92 Å². The Morgan fingerprint density at radius 1 is 1.15 bits per heavy atom. The zero-order chi connectivity index (χ0) is 14.5. The molecule has 7 nitrogen and oxygen atoms in total. The topological polar surface area (TPSA) is 107 Å². The van der Waals surface area contributed by atoms with Gasteiger partial charge in [0.05, 0.1) is 11.0 Å². The quantitative estimate of drug-likeness (QED) is 0.461. The standard InChI is InChI=1S/C13H16N4O3/c1-2-14-6-5-11(18)15-8-3-4-9-10(7-8)17-13(20)12(19)16-9/h3-4,7,14H,2,5-6H2,1H3,(H,15,18)(H,16,19)(H,17,20). The van der Waals surface area contributed by atoms with E-state index >= 15 is 0 Å². The van der Waals surface area contributed by atoms with E-state index in [0.29, 0.717) is 29.7 Å². The van der Waals surface area contributed by atoms with Crippen LogP contribution in [-0.4, -0.2) is 29.0 Å². The number of hydrogen-bond acceptors (Lipinski definition) is 4. The highest BCUT2D eigenvalue weighted by atomic mass is 16.2. The van der Waals surface area contributed by atoms with Crippen LogP contribution >= 0.6 is 0 Å². The zero-order valence-electron chi connectivity index (χ0n) is 11.1. The molecule has 0 aliphatic rings. The molecule has 106 valence electrons. The lowest BCUT2D eigenvalue weighted by Gasteiger charge is -2.06. The summed E-state index contributed by atoms with van der Waals surface area (Å²) in [4.78, 5) is 39.0. The molecular formula is C13H16N4O3. The highest BCUT2D eigenvalue weighted by molar-refractivity contribution is 5.92. The minimum absolute atomic E-state index is 0.114. The van der Waals surface area contributed by atoms with Gasteiger partial charge in [0.15, 0.2) is 0 Å². The summed E-state index contributed by atoms with van der Waals surface area (Å²) in [7, 11) is 0. The number of hydrogen-bond donors (Lipinski definition) is 4. The third kappa shape index (κ3) is 3.33. The number of aromatic amines is 2. The van der Waals surface area contributed by atoms with Gasteiger partial charge in [-0.25, -0.2) is 0 Å². The second-order valence-corrected chi connectivity index (χ2v) is 4.32. The first-order valence-electron chi connectivity index (χ1n) is 6.37. The van der Waals surface area contributed by atoms with Gasteiger partial charge in [-0.15, -0.1) is 0 Å². The second-order valence-electron chi connectivity index (χ2n) is 4.32. The Hall–Kier alpha value is -2.41. The second kappa shape index (κ2) is 6.16. The van der Waals surface area contributed by atoms with Gasteiger partial charge in [0, 0.05) is 18.7 Å². The maximum atomic E-state index is 11.7. The van der Waals surface area contributed by atoms with Gasteiger partial charge in [-0.05, 0) is 24.7 Å². The van der Waals surface area contributed by atoms with Crippen LogP contribution in [0.3, 0.4) is 0 Å². The predicted octanol–water partition coefficient (Wildman–Crippen LogP) is 0.154. The Balaban J connectivity index is 2.15. The normalized spacial score (nSPS) is 10.7. The maximum absolute atomic E-state index is 11.7. The Kier molecular flexibility index (Phi) is 4.31. The largest absolute Gasteiger partial charge is 0.326 e. The van der Waals surface area contributed by atoms with Crippen LogP contribution < -0.4 is 21.8 Å². The van der Waals surface area contributed by atoms with Crippen molar-refractivity contribution in [1.82, 2.24) is 15.3 Å². The van der Waals surface area contributed by atoms with Crippen molar-refractivity contribution in [2.24, 2.45) is 0 Å². The van der Waals surface area contributed by atoms with Crippen molar-refractivity contribution in [3.05, 3.63) is 38.9 Å². The van der Waals surface area contributed by atoms with Gasteiger partial charge in [0.2, 0.25) is 5.91 Å². The summed E-state index contributed by atoms with van der Waals surface area (Å²) in [6.07, 6.45) is 0.369. The van der Waals surface area contributed by atoms with Crippen molar-refractivity contribution in [2.45, 2.75) is 13.3 Å². The third-order valence-electron chi connectivity index (χ3n) is 2.78. The monoisotopic (exact) mass is 276 g/mol. The van der Waals surface area contributed by atoms with Crippen molar-refractivity contribution in [1.29, 1.82) is 0 Å². The first-order valence-corrected chi connectivity index (χ1v) is 6.37. The number of benzene rings is 1. The van der Waals surface area contributed by atoms with E-state index in [2.05, 4.69) is 20.6 Å². The number of amides is 1. The molecule has 1 aromatic heterocycles. The first kappa shape index (κ1) is 14.0. The van der Waals surface area contributed by atoms with Gasteiger partial charge in [-0.3, -0.25) is 14.4 Å². The molecular weight excluding hydrogens is 260 g/mol. The van der Waals surface area contributed by atoms with Crippen molar-refractivity contribution >= 4 is 22.6 Å². The van der Waals surface area contributed by atoms with Crippen molar-refractivity contribution in [3.8, 4) is 0 Å². The molecule has 0 atom stereocenters. The fourth-order valence-corrected chi connectivity index (χ4v) is 1.79. The summed E-state index contributed by atoms with van der Waals surface area (Å²) in [5, 5.41) is 5.79. The van der Waals surface area contributed by atoms with Crippen molar-refractivity contribution in [3.63, 3.8) is 0 Å². The molecule has 1 heterocycles. The van der Waals surface area contributed by atoms with Crippen LogP contribution in [0.5, 0.6) is 0 Å². The van der Waals surface area contributed by atoms with Crippen LogP contribution in [0.15, 0.2) is 27.8 Å². The van der Waals surface area contributed by atoms with Gasteiger partial charge in [0.1, 0.15) is 0 Å². The average Bonchev–Trinajstić information content (AvgIpc) is 2.41. The number of carbonyl (C=O) groups excluding carboxylic acids is 1. The van der Waals surface area contributed by atoms with E-state index in [1.54, 1.807) is 18.2 Å². The molecule has 4 N–H and O–H groups in total. The SMILES string of the molecule is CCNCCC(=O)Nc1ccc2[nH]c(=O)c(=O)[nH]c2c1. The summed E-state index contributed by atoms with van der Waals surface area (Å²) in [5.74, 6) is -0.114. The van der Waals surface area contributed by atoms with Crippen LogP contribution in [0.25, 0.3) is 11.0 Å². The number of aromatic nitrogens is 2. The maximum Gasteiger partial charge on any atom is 0.314 e. The van der Waals surface area contributed by atoms with Crippen molar-refractivity contribution in [2.75, 3.05) is 18.4 Å². The van der Waals surface area contributed by atoms with Crippen LogP contribution in [0.1, 0.15) is 13.3 Å². The first-order chi connectivity index (χ1) is 9.60. The molecule has 0 saturated carbocycles. The molecule has 2 rings (SSSR count). The molecule has 0 bridgehead atoms. The van der Waals surface area contributed by atoms with E-state index in [9.17, 15) is 14.4 Å². The third-order valence-corrected chi connectivity index (χ3v) is 2.78. The molecule has 0 spiro atoms. The molecule has 2 aromatic rings. The van der Waals surface area contributed by atoms with E-state index in [1.165, 1.54) is 0 Å². The molecule has 0 aliphatic heterocycles. The minimum atomic E-state index is -0.715. The lowest BCUT2D eigenvalue weighted by atomic mass is 10.2. The predicted molar refractivity (Wildman–Crippen MR) is 77.0 cm³/mol. The Labute approximate surface area is 114 Å².